The molecule has 1 atom stereocenters. The Labute approximate surface area is 112 Å². The Kier molecular flexibility index (Phi) is 3.77. The molecule has 0 saturated heterocycles. The minimum atomic E-state index is 0.524. The van der Waals surface area contributed by atoms with Gasteiger partial charge in [0.15, 0.2) is 23.0 Å². The van der Waals surface area contributed by atoms with E-state index in [1.54, 1.807) is 0 Å². The zero-order chi connectivity index (χ0) is 11.7. The molecule has 0 aliphatic heterocycles. The van der Waals surface area contributed by atoms with Gasteiger partial charge >= 0.3 is 0 Å². The molecule has 1 nitrogen and oxygen atoms in total. The number of benzene rings is 1. The molecule has 1 aromatic carbocycles. The van der Waals surface area contributed by atoms with E-state index in [-0.39, 0.29) is 0 Å². The summed E-state index contributed by atoms with van der Waals surface area (Å²) >= 11 is 2.02. The lowest BCUT2D eigenvalue weighted by Gasteiger charge is -2.18. The summed E-state index contributed by atoms with van der Waals surface area (Å²) in [4.78, 5) is 0. The Morgan fingerprint density at radius 2 is 1.81 bits per heavy atom. The Morgan fingerprint density at radius 3 is 2.31 bits per heavy atom. The number of hydrogen-bond donors (Lipinski definition) is 0. The van der Waals surface area contributed by atoms with Crippen molar-refractivity contribution in [3.63, 3.8) is 0 Å². The highest BCUT2D eigenvalue weighted by Gasteiger charge is 2.31. The van der Waals surface area contributed by atoms with E-state index in [2.05, 4.69) is 39.0 Å². The zero-order valence-electron chi connectivity index (χ0n) is 10.2. The summed E-state index contributed by atoms with van der Waals surface area (Å²) in [7, 11) is 0. The summed E-state index contributed by atoms with van der Waals surface area (Å²) in [5, 5.41) is 0. The first-order valence-corrected chi connectivity index (χ1v) is 6.94. The normalized spacial score (nSPS) is 17.6. The van der Waals surface area contributed by atoms with Gasteiger partial charge in [0.2, 0.25) is 0 Å². The lowest BCUT2D eigenvalue weighted by molar-refractivity contribution is 0.610. The van der Waals surface area contributed by atoms with Crippen molar-refractivity contribution in [3.05, 3.63) is 29.3 Å². The van der Waals surface area contributed by atoms with Gasteiger partial charge in [0.25, 0.3) is 0 Å². The first-order valence-electron chi connectivity index (χ1n) is 6.06. The fourth-order valence-electron chi connectivity index (χ4n) is 2.33. The van der Waals surface area contributed by atoms with Crippen molar-refractivity contribution < 1.29 is 3.07 Å². The fraction of sp³-hybridized carbons (Fsp3) is 0.571. The molecular weight excluding hydrogens is 311 g/mol. The van der Waals surface area contributed by atoms with E-state index >= 15 is 0 Å². The minimum Gasteiger partial charge on any atom is -0.427 e. The Bertz CT molecular complexity index is 369. The average molecular weight is 330 g/mol. The molecule has 0 bridgehead atoms. The van der Waals surface area contributed by atoms with Crippen molar-refractivity contribution in [3.8, 4) is 5.75 Å². The quantitative estimate of drug-likeness (QED) is 0.702. The summed E-state index contributed by atoms with van der Waals surface area (Å²) in [6, 6.07) is 6.58. The summed E-state index contributed by atoms with van der Waals surface area (Å²) in [6.07, 6.45) is 2.77. The third-order valence-corrected chi connectivity index (χ3v) is 4.04. The summed E-state index contributed by atoms with van der Waals surface area (Å²) in [6.45, 7) is 6.77. The number of halogens is 1. The highest BCUT2D eigenvalue weighted by atomic mass is 127. The lowest BCUT2D eigenvalue weighted by Crippen LogP contribution is -2.01. The monoisotopic (exact) mass is 330 g/mol. The summed E-state index contributed by atoms with van der Waals surface area (Å²) < 4.78 is 5.61. The predicted octanol–water partition coefficient (Wildman–Crippen LogP) is 5.05. The predicted molar refractivity (Wildman–Crippen MR) is 76.3 cm³/mol. The van der Waals surface area contributed by atoms with Crippen molar-refractivity contribution in [1.29, 1.82) is 0 Å². The molecule has 0 spiro atoms. The smallest absolute Gasteiger partial charge is 0.192 e. The molecule has 88 valence electrons. The van der Waals surface area contributed by atoms with Crippen LogP contribution >= 0.6 is 23.0 Å². The van der Waals surface area contributed by atoms with Crippen LogP contribution in [-0.2, 0) is 0 Å². The molecule has 16 heavy (non-hydrogen) atoms. The van der Waals surface area contributed by atoms with Gasteiger partial charge in [0.05, 0.1) is 0 Å². The fourth-order valence-corrected chi connectivity index (χ4v) is 2.83. The van der Waals surface area contributed by atoms with Crippen molar-refractivity contribution in [1.82, 2.24) is 0 Å². The third kappa shape index (κ3) is 2.36. The molecule has 2 heteroatoms. The van der Waals surface area contributed by atoms with Crippen LogP contribution in [-0.4, -0.2) is 0 Å². The van der Waals surface area contributed by atoms with Crippen LogP contribution in [0.2, 0.25) is 0 Å². The lowest BCUT2D eigenvalue weighted by atomic mass is 9.90. The van der Waals surface area contributed by atoms with Crippen LogP contribution in [0.25, 0.3) is 0 Å². The van der Waals surface area contributed by atoms with Crippen LogP contribution in [0.1, 0.15) is 56.6 Å². The van der Waals surface area contributed by atoms with E-state index < -0.39 is 0 Å². The van der Waals surface area contributed by atoms with Crippen LogP contribution in [0.3, 0.4) is 0 Å². The molecule has 0 aromatic heterocycles. The van der Waals surface area contributed by atoms with Gasteiger partial charge in [-0.15, -0.1) is 0 Å². The molecule has 1 aliphatic rings. The molecule has 0 heterocycles. The maximum atomic E-state index is 5.61. The second kappa shape index (κ2) is 4.94. The van der Waals surface area contributed by atoms with E-state index in [4.69, 9.17) is 3.07 Å². The molecule has 1 aromatic rings. The second-order valence-electron chi connectivity index (χ2n) is 5.12. The van der Waals surface area contributed by atoms with Gasteiger partial charge in [-0.05, 0) is 41.7 Å². The van der Waals surface area contributed by atoms with E-state index in [1.807, 2.05) is 23.0 Å². The van der Waals surface area contributed by atoms with Crippen molar-refractivity contribution in [2.75, 3.05) is 0 Å². The van der Waals surface area contributed by atoms with Crippen LogP contribution in [0.5, 0.6) is 5.75 Å². The minimum absolute atomic E-state index is 0.524. The van der Waals surface area contributed by atoms with E-state index in [0.29, 0.717) is 11.8 Å². The number of rotatable bonds is 4. The molecule has 0 amide bonds. The van der Waals surface area contributed by atoms with Crippen molar-refractivity contribution in [2.24, 2.45) is 5.92 Å². The van der Waals surface area contributed by atoms with Gasteiger partial charge < -0.3 is 3.07 Å². The largest absolute Gasteiger partial charge is 0.427 e. The van der Waals surface area contributed by atoms with Gasteiger partial charge in [0, 0.05) is 0 Å². The standard InChI is InChI=1S/C14H19IO/c1-9(2)12-5-4-6-13(14(12)16-15)10(3)11-7-8-11/h4-6,9-11H,7-8H2,1-3H3/t10-/m1/s1. The number of para-hydroxylation sites is 1. The Morgan fingerprint density at radius 1 is 1.19 bits per heavy atom. The Balaban J connectivity index is 2.39. The molecule has 0 unspecified atom stereocenters. The topological polar surface area (TPSA) is 9.23 Å². The first-order chi connectivity index (χ1) is 7.65. The molecule has 1 aliphatic carbocycles. The van der Waals surface area contributed by atoms with Crippen molar-refractivity contribution >= 4 is 23.0 Å². The molecule has 0 radical (unpaired) electrons. The van der Waals surface area contributed by atoms with Gasteiger partial charge in [-0.25, -0.2) is 0 Å². The first kappa shape index (κ1) is 12.2. The van der Waals surface area contributed by atoms with Gasteiger partial charge in [0.1, 0.15) is 5.75 Å². The third-order valence-electron chi connectivity index (χ3n) is 3.59. The maximum absolute atomic E-state index is 5.61. The van der Waals surface area contributed by atoms with E-state index in [9.17, 15) is 0 Å². The zero-order valence-corrected chi connectivity index (χ0v) is 12.3. The molecule has 0 N–H and O–H groups in total. The Hall–Kier alpha value is -0.250. The molecule has 1 saturated carbocycles. The van der Waals surface area contributed by atoms with Crippen LogP contribution < -0.4 is 3.07 Å². The number of hydrogen-bond acceptors (Lipinski definition) is 1. The van der Waals surface area contributed by atoms with Gasteiger partial charge in [-0.2, -0.15) is 0 Å². The molecular formula is C14H19IO. The van der Waals surface area contributed by atoms with Gasteiger partial charge in [-0.1, -0.05) is 39.0 Å². The summed E-state index contributed by atoms with van der Waals surface area (Å²) in [5.41, 5.74) is 2.72. The average Bonchev–Trinajstić information content (AvgIpc) is 3.10. The van der Waals surface area contributed by atoms with E-state index in [1.165, 1.54) is 24.0 Å². The SMILES string of the molecule is CC(C)c1cccc([C@H](C)C2CC2)c1OI. The van der Waals surface area contributed by atoms with E-state index in [0.717, 1.165) is 11.7 Å². The van der Waals surface area contributed by atoms with Gasteiger partial charge in [-0.3, -0.25) is 0 Å². The second-order valence-corrected chi connectivity index (χ2v) is 5.56. The maximum Gasteiger partial charge on any atom is 0.192 e. The van der Waals surface area contributed by atoms with Crippen LogP contribution in [0, 0.1) is 5.92 Å². The highest BCUT2D eigenvalue weighted by molar-refractivity contribution is 14.1. The summed E-state index contributed by atoms with van der Waals surface area (Å²) in [5.74, 6) is 3.16. The van der Waals surface area contributed by atoms with Crippen LogP contribution in [0.4, 0.5) is 0 Å². The van der Waals surface area contributed by atoms with Crippen molar-refractivity contribution in [2.45, 2.75) is 45.4 Å². The van der Waals surface area contributed by atoms with Crippen LogP contribution in [0.15, 0.2) is 18.2 Å². The highest BCUT2D eigenvalue weighted by Crippen LogP contribution is 2.46. The molecule has 2 rings (SSSR count). The molecule has 1 fully saturated rings.